The molecule has 4 heterocycles. The average Bonchev–Trinajstić information content (AvgIpc) is 3.48. The molecule has 5 rings (SSSR count). The molecule has 10 nitrogen and oxygen atoms in total. The fraction of sp³-hybridized carbons (Fsp3) is 0.292. The van der Waals surface area contributed by atoms with E-state index in [0.717, 1.165) is 5.39 Å². The molecule has 1 aliphatic rings. The summed E-state index contributed by atoms with van der Waals surface area (Å²) in [5, 5.41) is 24.8. The van der Waals surface area contributed by atoms with Gasteiger partial charge < -0.3 is 15.6 Å². The molecule has 0 aliphatic carbocycles. The van der Waals surface area contributed by atoms with Crippen LogP contribution in [-0.4, -0.2) is 68.0 Å². The van der Waals surface area contributed by atoms with E-state index in [4.69, 9.17) is 25.6 Å². The van der Waals surface area contributed by atoms with Crippen LogP contribution < -0.4 is 10.5 Å². The first kappa shape index (κ1) is 25.8. The van der Waals surface area contributed by atoms with Crippen molar-refractivity contribution in [3.8, 4) is 23.3 Å². The summed E-state index contributed by atoms with van der Waals surface area (Å²) in [5.74, 6) is 0.728. The lowest BCUT2D eigenvalue weighted by atomic mass is 10.1. The summed E-state index contributed by atoms with van der Waals surface area (Å²) in [6.45, 7) is 0.0618. The van der Waals surface area contributed by atoms with Crippen LogP contribution in [0.4, 0.5) is 13.2 Å². The van der Waals surface area contributed by atoms with Crippen molar-refractivity contribution in [3.05, 3.63) is 54.2 Å². The number of fused-ring (bicyclic) bond motifs is 2. The SMILES string of the molecule is N#CCOc1cccc2ccc(-c3nnc4ccc([C@@H](N5CCC(N)C5)C(F)(F)F)cn34)nc12.O=CO. The standard InChI is InChI=1S/C23H20F3N7O.CH2O2/c24-23(25,26)21(32-10-8-16(28)13-32)15-5-7-19-30-31-22(33(19)12-15)17-6-4-14-2-1-3-18(20(14)29-17)34-11-9-27;2-1-3/h1-7,12,16,21H,8,10-11,13,28H2;1H,(H,2,3)/t16?,21-;/m1./s1. The number of hydrogen-bond acceptors (Lipinski definition) is 8. The number of ether oxygens (including phenoxy) is 1. The molecule has 3 aromatic heterocycles. The molecule has 37 heavy (non-hydrogen) atoms. The lowest BCUT2D eigenvalue weighted by molar-refractivity contribution is -0.183. The Morgan fingerprint density at radius 2 is 2.03 bits per heavy atom. The van der Waals surface area contributed by atoms with E-state index in [0.29, 0.717) is 34.9 Å². The topological polar surface area (TPSA) is 143 Å². The summed E-state index contributed by atoms with van der Waals surface area (Å²) in [7, 11) is 0. The minimum absolute atomic E-state index is 0.0778. The lowest BCUT2D eigenvalue weighted by Gasteiger charge is -2.30. The van der Waals surface area contributed by atoms with Crippen molar-refractivity contribution in [2.75, 3.05) is 19.7 Å². The zero-order valence-electron chi connectivity index (χ0n) is 19.3. The van der Waals surface area contributed by atoms with Gasteiger partial charge in [-0.05, 0) is 30.2 Å². The van der Waals surface area contributed by atoms with Crippen LogP contribution in [0.3, 0.4) is 0 Å². The third kappa shape index (κ3) is 5.45. The van der Waals surface area contributed by atoms with Gasteiger partial charge in [0.25, 0.3) is 6.47 Å². The van der Waals surface area contributed by atoms with Crippen molar-refractivity contribution in [1.82, 2.24) is 24.5 Å². The second-order valence-corrected chi connectivity index (χ2v) is 8.28. The predicted octanol–water partition coefficient (Wildman–Crippen LogP) is 3.18. The van der Waals surface area contributed by atoms with E-state index in [1.54, 1.807) is 18.2 Å². The third-order valence-corrected chi connectivity index (χ3v) is 5.88. The first-order valence-electron chi connectivity index (χ1n) is 11.2. The quantitative estimate of drug-likeness (QED) is 0.385. The van der Waals surface area contributed by atoms with Gasteiger partial charge in [0.1, 0.15) is 29.1 Å². The molecule has 1 aromatic carbocycles. The largest absolute Gasteiger partial charge is 0.483 e. The molecule has 3 N–H and O–H groups in total. The van der Waals surface area contributed by atoms with Crippen molar-refractivity contribution >= 4 is 23.0 Å². The van der Waals surface area contributed by atoms with Crippen LogP contribution in [0.2, 0.25) is 0 Å². The van der Waals surface area contributed by atoms with Gasteiger partial charge in [0.05, 0.1) is 0 Å². The van der Waals surface area contributed by atoms with Crippen molar-refractivity contribution in [2.24, 2.45) is 5.73 Å². The number of carbonyl (C=O) groups is 1. The predicted molar refractivity (Wildman–Crippen MR) is 126 cm³/mol. The number of likely N-dealkylation sites (tertiary alicyclic amines) is 1. The maximum absolute atomic E-state index is 14.1. The lowest BCUT2D eigenvalue weighted by Crippen LogP contribution is -2.38. The van der Waals surface area contributed by atoms with Gasteiger partial charge in [-0.1, -0.05) is 24.3 Å². The summed E-state index contributed by atoms with van der Waals surface area (Å²) in [5.41, 5.74) is 7.28. The first-order valence-corrected chi connectivity index (χ1v) is 11.2. The molecule has 4 aromatic rings. The molecule has 1 unspecified atom stereocenters. The Balaban J connectivity index is 0.00000102. The van der Waals surface area contributed by atoms with Crippen molar-refractivity contribution in [3.63, 3.8) is 0 Å². The number of halogens is 3. The number of nitriles is 1. The second-order valence-electron chi connectivity index (χ2n) is 8.28. The van der Waals surface area contributed by atoms with Crippen LogP contribution in [-0.2, 0) is 4.79 Å². The zero-order chi connectivity index (χ0) is 26.6. The Morgan fingerprint density at radius 3 is 2.70 bits per heavy atom. The Labute approximate surface area is 208 Å². The Hall–Kier alpha value is -4.28. The number of para-hydroxylation sites is 1. The number of benzene rings is 1. The van der Waals surface area contributed by atoms with E-state index in [1.165, 1.54) is 27.6 Å². The summed E-state index contributed by atoms with van der Waals surface area (Å²) in [4.78, 5) is 14.3. The Kier molecular flexibility index (Phi) is 7.51. The number of alkyl halides is 3. The Morgan fingerprint density at radius 1 is 1.24 bits per heavy atom. The number of nitrogens with zero attached hydrogens (tertiary/aromatic N) is 6. The molecule has 0 saturated carbocycles. The summed E-state index contributed by atoms with van der Waals surface area (Å²) >= 11 is 0. The summed E-state index contributed by atoms with van der Waals surface area (Å²) in [6.07, 6.45) is -2.54. The highest BCUT2D eigenvalue weighted by atomic mass is 19.4. The number of pyridine rings is 2. The molecule has 13 heteroatoms. The fourth-order valence-corrected chi connectivity index (χ4v) is 4.37. The van der Waals surface area contributed by atoms with E-state index in [1.807, 2.05) is 18.2 Å². The number of aromatic nitrogens is 4. The molecule has 0 radical (unpaired) electrons. The summed E-state index contributed by atoms with van der Waals surface area (Å²) in [6, 6.07) is 11.7. The van der Waals surface area contributed by atoms with Gasteiger partial charge in [0.2, 0.25) is 0 Å². The highest BCUT2D eigenvalue weighted by Crippen LogP contribution is 2.39. The molecule has 0 spiro atoms. The molecular weight excluding hydrogens is 491 g/mol. The van der Waals surface area contributed by atoms with Crippen LogP contribution in [0.5, 0.6) is 5.75 Å². The Bertz CT molecular complexity index is 1450. The van der Waals surface area contributed by atoms with Crippen LogP contribution in [0.1, 0.15) is 18.0 Å². The molecule has 2 atom stereocenters. The van der Waals surface area contributed by atoms with Gasteiger partial charge in [-0.25, -0.2) is 4.98 Å². The smallest absolute Gasteiger partial charge is 0.408 e. The third-order valence-electron chi connectivity index (χ3n) is 5.88. The summed E-state index contributed by atoms with van der Waals surface area (Å²) < 4.78 is 49.2. The fourth-order valence-electron chi connectivity index (χ4n) is 4.37. The normalized spacial score (nSPS) is 16.7. The highest BCUT2D eigenvalue weighted by molar-refractivity contribution is 5.86. The van der Waals surface area contributed by atoms with Crippen LogP contribution >= 0.6 is 0 Å². The minimum Gasteiger partial charge on any atom is -0.483 e. The van der Waals surface area contributed by atoms with E-state index < -0.39 is 12.2 Å². The van der Waals surface area contributed by atoms with Crippen molar-refractivity contribution in [1.29, 1.82) is 5.26 Å². The molecule has 0 amide bonds. The molecule has 1 aliphatic heterocycles. The minimum atomic E-state index is -4.47. The van der Waals surface area contributed by atoms with Gasteiger partial charge in [-0.3, -0.25) is 14.1 Å². The van der Waals surface area contributed by atoms with Gasteiger partial charge in [-0.15, -0.1) is 10.2 Å². The number of carboxylic acid groups (broad SMARTS) is 1. The van der Waals surface area contributed by atoms with E-state index in [-0.39, 0.29) is 37.8 Å². The van der Waals surface area contributed by atoms with E-state index in [2.05, 4.69) is 15.2 Å². The number of hydrogen-bond donors (Lipinski definition) is 2. The van der Waals surface area contributed by atoms with Gasteiger partial charge in [0.15, 0.2) is 18.1 Å². The zero-order valence-corrected chi connectivity index (χ0v) is 19.3. The molecular formula is C24H22F3N7O3. The monoisotopic (exact) mass is 513 g/mol. The molecule has 1 fully saturated rings. The average molecular weight is 513 g/mol. The number of nitrogens with two attached hydrogens (primary N) is 1. The van der Waals surface area contributed by atoms with Crippen LogP contribution in [0.15, 0.2) is 48.7 Å². The molecule has 0 bridgehead atoms. The van der Waals surface area contributed by atoms with Gasteiger partial charge in [-0.2, -0.15) is 18.4 Å². The molecule has 192 valence electrons. The highest BCUT2D eigenvalue weighted by Gasteiger charge is 2.46. The maximum atomic E-state index is 14.1. The molecule has 1 saturated heterocycles. The van der Waals surface area contributed by atoms with Gasteiger partial charge in [0, 0.05) is 30.7 Å². The van der Waals surface area contributed by atoms with Crippen molar-refractivity contribution in [2.45, 2.75) is 24.7 Å². The number of rotatable bonds is 5. The maximum Gasteiger partial charge on any atom is 0.408 e. The van der Waals surface area contributed by atoms with E-state index in [9.17, 15) is 13.2 Å². The van der Waals surface area contributed by atoms with Crippen LogP contribution in [0, 0.1) is 11.3 Å². The van der Waals surface area contributed by atoms with Gasteiger partial charge >= 0.3 is 6.18 Å². The van der Waals surface area contributed by atoms with Crippen molar-refractivity contribution < 1.29 is 27.8 Å². The first-order chi connectivity index (χ1) is 17.8. The van der Waals surface area contributed by atoms with Crippen LogP contribution in [0.25, 0.3) is 28.1 Å². The second kappa shape index (κ2) is 10.8. The van der Waals surface area contributed by atoms with E-state index >= 15 is 0 Å².